The second-order valence-corrected chi connectivity index (χ2v) is 7.95. The summed E-state index contributed by atoms with van der Waals surface area (Å²) >= 11 is 15.1. The van der Waals surface area contributed by atoms with Crippen LogP contribution in [0.2, 0.25) is 10.0 Å². The summed E-state index contributed by atoms with van der Waals surface area (Å²) in [7, 11) is -2.45. The predicted octanol–water partition coefficient (Wildman–Crippen LogP) is 4.16. The van der Waals surface area contributed by atoms with Crippen molar-refractivity contribution in [2.75, 3.05) is 17.1 Å². The van der Waals surface area contributed by atoms with Gasteiger partial charge >= 0.3 is 0 Å². The van der Waals surface area contributed by atoms with Gasteiger partial charge in [-0.05, 0) is 36.4 Å². The molecule has 0 fully saturated rings. The number of sulfonamides is 1. The van der Waals surface area contributed by atoms with E-state index in [-0.39, 0.29) is 14.9 Å². The molecule has 0 heterocycles. The Balaban J connectivity index is 2.55. The molecule has 0 amide bonds. The molecule has 2 rings (SSSR count). The Hall–Kier alpha value is -0.950. The van der Waals surface area contributed by atoms with Gasteiger partial charge in [-0.2, -0.15) is 0 Å². The maximum Gasteiger partial charge on any atom is 0.265 e. The first-order valence-electron chi connectivity index (χ1n) is 5.72. The van der Waals surface area contributed by atoms with E-state index >= 15 is 0 Å². The molecule has 8 heteroatoms. The van der Waals surface area contributed by atoms with E-state index in [0.717, 1.165) is 8.78 Å². The normalized spacial score (nSPS) is 11.4. The second-order valence-electron chi connectivity index (χ2n) is 4.25. The van der Waals surface area contributed by atoms with E-state index < -0.39 is 10.0 Å². The molecule has 0 unspecified atom stereocenters. The first-order chi connectivity index (χ1) is 9.73. The van der Waals surface area contributed by atoms with Crippen LogP contribution in [-0.4, -0.2) is 15.5 Å². The highest BCUT2D eigenvalue weighted by molar-refractivity contribution is 9.10. The molecule has 0 aromatic heterocycles. The highest BCUT2D eigenvalue weighted by Gasteiger charge is 2.25. The Bertz CT molecular complexity index is 797. The van der Waals surface area contributed by atoms with Crippen LogP contribution in [0.15, 0.2) is 45.8 Å². The number of nitrogens with zero attached hydrogens (tertiary/aromatic N) is 1. The summed E-state index contributed by atoms with van der Waals surface area (Å²) in [6.45, 7) is 0. The van der Waals surface area contributed by atoms with Gasteiger partial charge in [-0.1, -0.05) is 39.1 Å². The van der Waals surface area contributed by atoms with E-state index in [1.54, 1.807) is 18.2 Å². The van der Waals surface area contributed by atoms with Gasteiger partial charge in [-0.3, -0.25) is 4.31 Å². The van der Waals surface area contributed by atoms with Gasteiger partial charge in [0.15, 0.2) is 0 Å². The molecule has 2 aromatic carbocycles. The van der Waals surface area contributed by atoms with Crippen LogP contribution in [0.25, 0.3) is 0 Å². The number of halogens is 3. The first kappa shape index (κ1) is 16.4. The summed E-state index contributed by atoms with van der Waals surface area (Å²) < 4.78 is 27.2. The third-order valence-electron chi connectivity index (χ3n) is 2.86. The molecule has 0 radical (unpaired) electrons. The van der Waals surface area contributed by atoms with Gasteiger partial charge in [0.25, 0.3) is 10.0 Å². The lowest BCUT2D eigenvalue weighted by atomic mass is 10.3. The largest absolute Gasteiger partial charge is 0.397 e. The zero-order chi connectivity index (χ0) is 15.8. The van der Waals surface area contributed by atoms with Gasteiger partial charge in [0.05, 0.1) is 16.4 Å². The third kappa shape index (κ3) is 3.29. The van der Waals surface area contributed by atoms with Crippen LogP contribution in [0.1, 0.15) is 0 Å². The fourth-order valence-electron chi connectivity index (χ4n) is 1.76. The Morgan fingerprint density at radius 2 is 1.81 bits per heavy atom. The summed E-state index contributed by atoms with van der Waals surface area (Å²) in [5.74, 6) is 0. The number of benzene rings is 2. The zero-order valence-electron chi connectivity index (χ0n) is 10.8. The van der Waals surface area contributed by atoms with E-state index in [0.29, 0.717) is 11.4 Å². The Kier molecular flexibility index (Phi) is 4.72. The third-order valence-corrected chi connectivity index (χ3v) is 5.84. The van der Waals surface area contributed by atoms with Gasteiger partial charge < -0.3 is 5.73 Å². The Morgan fingerprint density at radius 1 is 1.14 bits per heavy atom. The van der Waals surface area contributed by atoms with E-state index in [1.165, 1.54) is 25.2 Å². The average molecular weight is 410 g/mol. The van der Waals surface area contributed by atoms with Gasteiger partial charge in [0, 0.05) is 16.5 Å². The van der Waals surface area contributed by atoms with Gasteiger partial charge in [-0.15, -0.1) is 0 Å². The number of nitrogen functional groups attached to an aromatic ring is 1. The molecule has 2 aromatic rings. The molecule has 2 N–H and O–H groups in total. The predicted molar refractivity (Wildman–Crippen MR) is 90.6 cm³/mol. The van der Waals surface area contributed by atoms with Crippen molar-refractivity contribution in [3.05, 3.63) is 50.9 Å². The highest BCUT2D eigenvalue weighted by Crippen LogP contribution is 2.33. The highest BCUT2D eigenvalue weighted by atomic mass is 79.9. The maximum absolute atomic E-state index is 12.7. The Labute approximate surface area is 141 Å². The lowest BCUT2D eigenvalue weighted by Gasteiger charge is -2.22. The number of rotatable bonds is 3. The lowest BCUT2D eigenvalue weighted by molar-refractivity contribution is 0.594. The number of hydrogen-bond donors (Lipinski definition) is 1. The van der Waals surface area contributed by atoms with Crippen molar-refractivity contribution in [1.82, 2.24) is 0 Å². The smallest absolute Gasteiger partial charge is 0.265 e. The van der Waals surface area contributed by atoms with E-state index in [9.17, 15) is 8.42 Å². The summed E-state index contributed by atoms with van der Waals surface area (Å²) in [4.78, 5) is -0.0681. The molecule has 21 heavy (non-hydrogen) atoms. The van der Waals surface area contributed by atoms with Crippen molar-refractivity contribution in [1.29, 1.82) is 0 Å². The van der Waals surface area contributed by atoms with Crippen LogP contribution in [0.5, 0.6) is 0 Å². The van der Waals surface area contributed by atoms with E-state index in [2.05, 4.69) is 15.9 Å². The molecule has 0 aliphatic heterocycles. The standard InChI is InChI=1S/C13H11BrCl2N2O2S/c1-18(12-5-2-8(14)6-11(12)17)21(19,20)13-7-9(15)3-4-10(13)16/h2-7H,17H2,1H3. The van der Waals surface area contributed by atoms with Gasteiger partial charge in [0.1, 0.15) is 4.90 Å². The Morgan fingerprint density at radius 3 is 2.43 bits per heavy atom. The molecule has 0 saturated heterocycles. The molecule has 0 bridgehead atoms. The summed E-state index contributed by atoms with van der Waals surface area (Å²) in [5, 5.41) is 0.386. The lowest BCUT2D eigenvalue weighted by Crippen LogP contribution is -2.27. The quantitative estimate of drug-likeness (QED) is 0.774. The van der Waals surface area contributed by atoms with Crippen LogP contribution in [-0.2, 0) is 10.0 Å². The van der Waals surface area contributed by atoms with Crippen LogP contribution in [0.4, 0.5) is 11.4 Å². The van der Waals surface area contributed by atoms with Crippen LogP contribution in [0, 0.1) is 0 Å². The van der Waals surface area contributed by atoms with E-state index in [1.807, 2.05) is 0 Å². The fourth-order valence-corrected chi connectivity index (χ4v) is 4.10. The van der Waals surface area contributed by atoms with Crippen LogP contribution < -0.4 is 10.0 Å². The molecule has 0 saturated carbocycles. The van der Waals surface area contributed by atoms with Crippen LogP contribution >= 0.6 is 39.1 Å². The molecule has 0 spiro atoms. The van der Waals surface area contributed by atoms with Crippen molar-refractivity contribution in [3.8, 4) is 0 Å². The molecular formula is C13H11BrCl2N2O2S. The number of anilines is 2. The number of hydrogen-bond acceptors (Lipinski definition) is 3. The maximum atomic E-state index is 12.7. The first-order valence-corrected chi connectivity index (χ1v) is 8.71. The number of nitrogens with two attached hydrogens (primary N) is 1. The molecule has 112 valence electrons. The van der Waals surface area contributed by atoms with Crippen molar-refractivity contribution >= 4 is 60.5 Å². The summed E-state index contributed by atoms with van der Waals surface area (Å²) in [5.41, 5.74) is 6.55. The SMILES string of the molecule is CN(c1ccc(Br)cc1N)S(=O)(=O)c1cc(Cl)ccc1Cl. The van der Waals surface area contributed by atoms with Crippen molar-refractivity contribution in [2.24, 2.45) is 0 Å². The van der Waals surface area contributed by atoms with Crippen molar-refractivity contribution in [2.45, 2.75) is 4.90 Å². The molecule has 0 aliphatic carbocycles. The van der Waals surface area contributed by atoms with Gasteiger partial charge in [0.2, 0.25) is 0 Å². The van der Waals surface area contributed by atoms with Gasteiger partial charge in [-0.25, -0.2) is 8.42 Å². The monoisotopic (exact) mass is 408 g/mol. The van der Waals surface area contributed by atoms with Crippen LogP contribution in [0.3, 0.4) is 0 Å². The average Bonchev–Trinajstić information content (AvgIpc) is 2.40. The fraction of sp³-hybridized carbons (Fsp3) is 0.0769. The summed E-state index contributed by atoms with van der Waals surface area (Å²) in [6.07, 6.45) is 0. The zero-order valence-corrected chi connectivity index (χ0v) is 14.8. The van der Waals surface area contributed by atoms with Crippen molar-refractivity contribution < 1.29 is 8.42 Å². The van der Waals surface area contributed by atoms with E-state index in [4.69, 9.17) is 28.9 Å². The minimum atomic E-state index is -3.86. The molecule has 0 atom stereocenters. The minimum Gasteiger partial charge on any atom is -0.397 e. The van der Waals surface area contributed by atoms with Crippen molar-refractivity contribution in [3.63, 3.8) is 0 Å². The summed E-state index contributed by atoms with van der Waals surface area (Å²) in [6, 6.07) is 9.21. The minimum absolute atomic E-state index is 0.0681. The molecule has 4 nitrogen and oxygen atoms in total. The topological polar surface area (TPSA) is 63.4 Å². The molecular weight excluding hydrogens is 399 g/mol. The second kappa shape index (κ2) is 6.04. The molecule has 0 aliphatic rings.